The molecule has 16 aromatic carbocycles. The van der Waals surface area contributed by atoms with Crippen LogP contribution in [0.1, 0.15) is 29.0 Å². The van der Waals surface area contributed by atoms with Crippen molar-refractivity contribution in [3.05, 3.63) is 362 Å². The molecule has 4 aromatic heterocycles. The Hall–Kier alpha value is -12.6. The number of allylic oxidation sites excluding steroid dienone is 4. The van der Waals surface area contributed by atoms with E-state index in [1.54, 1.807) is 0 Å². The van der Waals surface area contributed by atoms with Crippen molar-refractivity contribution >= 4 is 120 Å². The van der Waals surface area contributed by atoms with Crippen molar-refractivity contribution in [2.45, 2.75) is 12.3 Å². The van der Waals surface area contributed by atoms with Gasteiger partial charge in [0.25, 0.3) is 0 Å². The molecule has 0 N–H and O–H groups in total. The summed E-state index contributed by atoms with van der Waals surface area (Å²) in [4.78, 5) is 0. The van der Waals surface area contributed by atoms with Gasteiger partial charge in [0, 0.05) is 49.0 Å². The van der Waals surface area contributed by atoms with Crippen molar-refractivity contribution < 1.29 is 0 Å². The van der Waals surface area contributed by atoms with Crippen LogP contribution in [0.25, 0.3) is 186 Å². The summed E-state index contributed by atoms with van der Waals surface area (Å²) in [7, 11) is 0. The Kier molecular flexibility index (Phi) is 12.0. The molecule has 1 atom stereocenters. The molecule has 0 saturated carbocycles. The van der Waals surface area contributed by atoms with Gasteiger partial charge in [0.15, 0.2) is 0 Å². The Bertz CT molecular complexity index is 6720. The summed E-state index contributed by atoms with van der Waals surface area (Å²) in [6.45, 7) is 0. The van der Waals surface area contributed by atoms with E-state index in [0.29, 0.717) is 0 Å². The van der Waals surface area contributed by atoms with Crippen molar-refractivity contribution in [1.82, 2.24) is 8.80 Å². The number of nitrogens with zero attached hydrogens (tertiary/aromatic N) is 2. The highest BCUT2D eigenvalue weighted by Crippen LogP contribution is 2.48. The molecule has 1 unspecified atom stereocenters. The minimum absolute atomic E-state index is 0.228. The van der Waals surface area contributed by atoms with Gasteiger partial charge in [0.2, 0.25) is 0 Å². The van der Waals surface area contributed by atoms with Gasteiger partial charge in [-0.1, -0.05) is 261 Å². The highest BCUT2D eigenvalue weighted by Gasteiger charge is 2.25. The third-order valence-corrected chi connectivity index (χ3v) is 21.6. The quantitative estimate of drug-likeness (QED) is 0.127. The molecule has 98 heavy (non-hydrogen) atoms. The van der Waals surface area contributed by atoms with Gasteiger partial charge in [-0.15, -0.1) is 0 Å². The molecular formula is C96H60N2. The summed E-state index contributed by atoms with van der Waals surface area (Å²) in [6, 6.07) is 125. The SMILES string of the molecule is C1=C(c2ccccc2)C=C(c2ccccc2)CC1c1cccc(-c2cccc(-c3cc4c5ccccc5n5c6ccc(-c7ccc8c(c7)c7cc(-c9cccc(-c%10cccc(-c%11ccc%12c%13ccccc%13c%13ccccc%13c%12c%11)c%10)c9)cc9c%10ccccc%10n8c97)cc6c(c3)c45)c2)c1. The lowest BCUT2D eigenvalue weighted by Gasteiger charge is -2.23. The first-order valence-electron chi connectivity index (χ1n) is 34.3. The largest absolute Gasteiger partial charge is 0.308 e. The first-order valence-corrected chi connectivity index (χ1v) is 34.3. The number of hydrogen-bond donors (Lipinski definition) is 0. The monoisotopic (exact) mass is 1240 g/mol. The van der Waals surface area contributed by atoms with Crippen molar-refractivity contribution in [3.8, 4) is 66.8 Å². The molecule has 20 aromatic rings. The van der Waals surface area contributed by atoms with Gasteiger partial charge < -0.3 is 8.80 Å². The van der Waals surface area contributed by atoms with Crippen LogP contribution in [0.15, 0.2) is 346 Å². The van der Waals surface area contributed by atoms with Gasteiger partial charge in [-0.2, -0.15) is 0 Å². The molecule has 0 saturated heterocycles. The average molecular weight is 1240 g/mol. The summed E-state index contributed by atoms with van der Waals surface area (Å²) < 4.78 is 5.02. The summed E-state index contributed by atoms with van der Waals surface area (Å²) in [6.07, 6.45) is 5.81. The van der Waals surface area contributed by atoms with E-state index in [1.807, 2.05) is 0 Å². The van der Waals surface area contributed by atoms with E-state index in [9.17, 15) is 0 Å². The summed E-state index contributed by atoms with van der Waals surface area (Å²) in [5, 5.41) is 17.9. The van der Waals surface area contributed by atoms with Crippen LogP contribution >= 0.6 is 0 Å². The molecule has 21 rings (SSSR count). The topological polar surface area (TPSA) is 8.82 Å². The van der Waals surface area contributed by atoms with E-state index in [0.717, 1.165) is 6.42 Å². The van der Waals surface area contributed by atoms with Crippen LogP contribution in [0.5, 0.6) is 0 Å². The molecule has 0 aliphatic heterocycles. The van der Waals surface area contributed by atoms with Gasteiger partial charge in [0.05, 0.1) is 33.1 Å². The third-order valence-electron chi connectivity index (χ3n) is 21.6. The molecule has 2 nitrogen and oxygen atoms in total. The number of aromatic nitrogens is 2. The van der Waals surface area contributed by atoms with Crippen molar-refractivity contribution in [3.63, 3.8) is 0 Å². The molecule has 0 radical (unpaired) electrons. The first kappa shape index (κ1) is 54.7. The molecule has 0 amide bonds. The Balaban J connectivity index is 0.654. The number of fused-ring (bicyclic) bond motifs is 18. The van der Waals surface area contributed by atoms with Crippen LogP contribution in [0.2, 0.25) is 0 Å². The van der Waals surface area contributed by atoms with Crippen molar-refractivity contribution in [2.75, 3.05) is 0 Å². The maximum absolute atomic E-state index is 2.51. The highest BCUT2D eigenvalue weighted by molar-refractivity contribution is 6.28. The maximum Gasteiger partial charge on any atom is 0.0620 e. The zero-order valence-electron chi connectivity index (χ0n) is 53.6. The summed E-state index contributed by atoms with van der Waals surface area (Å²) in [5.41, 5.74) is 28.4. The fraction of sp³-hybridized carbons (Fsp3) is 0.0208. The van der Waals surface area contributed by atoms with E-state index in [-0.39, 0.29) is 5.92 Å². The second-order valence-corrected chi connectivity index (χ2v) is 27.1. The molecule has 4 heterocycles. The van der Waals surface area contributed by atoms with Crippen LogP contribution in [0.3, 0.4) is 0 Å². The van der Waals surface area contributed by atoms with Crippen LogP contribution < -0.4 is 0 Å². The summed E-state index contributed by atoms with van der Waals surface area (Å²) >= 11 is 0. The molecule has 1 aliphatic rings. The van der Waals surface area contributed by atoms with E-state index in [1.165, 1.54) is 203 Å². The minimum atomic E-state index is 0.228. The van der Waals surface area contributed by atoms with E-state index < -0.39 is 0 Å². The average Bonchev–Trinajstić information content (AvgIpc) is 1.54. The lowest BCUT2D eigenvalue weighted by atomic mass is 9.81. The zero-order valence-corrected chi connectivity index (χ0v) is 53.6. The second kappa shape index (κ2) is 21.4. The van der Waals surface area contributed by atoms with Crippen LogP contribution in [0, 0.1) is 0 Å². The fourth-order valence-electron chi connectivity index (χ4n) is 17.0. The van der Waals surface area contributed by atoms with Gasteiger partial charge >= 0.3 is 0 Å². The molecule has 0 fully saturated rings. The molecule has 0 bridgehead atoms. The van der Waals surface area contributed by atoms with Crippen LogP contribution in [0.4, 0.5) is 0 Å². The van der Waals surface area contributed by atoms with E-state index in [2.05, 4.69) is 355 Å². The molecule has 2 heteroatoms. The lowest BCUT2D eigenvalue weighted by molar-refractivity contribution is 0.871. The van der Waals surface area contributed by atoms with E-state index >= 15 is 0 Å². The van der Waals surface area contributed by atoms with Gasteiger partial charge in [-0.25, -0.2) is 0 Å². The van der Waals surface area contributed by atoms with Crippen LogP contribution in [-0.2, 0) is 0 Å². The summed E-state index contributed by atoms with van der Waals surface area (Å²) in [5.74, 6) is 0.228. The predicted octanol–water partition coefficient (Wildman–Crippen LogP) is 26.1. The third kappa shape index (κ3) is 8.48. The zero-order chi connectivity index (χ0) is 64.1. The van der Waals surface area contributed by atoms with Crippen LogP contribution in [-0.4, -0.2) is 8.80 Å². The first-order chi connectivity index (χ1) is 48.5. The Morgan fingerprint density at radius 2 is 0.531 bits per heavy atom. The Labute approximate surface area is 566 Å². The van der Waals surface area contributed by atoms with Crippen molar-refractivity contribution in [1.29, 1.82) is 0 Å². The van der Waals surface area contributed by atoms with E-state index in [4.69, 9.17) is 0 Å². The fourth-order valence-corrected chi connectivity index (χ4v) is 17.0. The molecular weight excluding hydrogens is 1180 g/mol. The van der Waals surface area contributed by atoms with Gasteiger partial charge in [-0.05, 0) is 218 Å². The van der Waals surface area contributed by atoms with Gasteiger partial charge in [0.1, 0.15) is 0 Å². The number of para-hydroxylation sites is 2. The Morgan fingerprint density at radius 1 is 0.204 bits per heavy atom. The number of hydrogen-bond acceptors (Lipinski definition) is 0. The number of rotatable bonds is 9. The minimum Gasteiger partial charge on any atom is -0.308 e. The highest BCUT2D eigenvalue weighted by atomic mass is 14.9. The predicted molar refractivity (Wildman–Crippen MR) is 417 cm³/mol. The Morgan fingerprint density at radius 3 is 1.02 bits per heavy atom. The van der Waals surface area contributed by atoms with Gasteiger partial charge in [-0.3, -0.25) is 0 Å². The lowest BCUT2D eigenvalue weighted by Crippen LogP contribution is -2.04. The molecule has 0 spiro atoms. The standard InChI is InChI=1S/C96H60N2/c1-3-19-59(20-4-1)72-49-73(60-21-5-2-6-22-60)51-74(50-72)66-28-16-24-62(46-66)64-26-18-30-68(48-64)76-56-88-83-36-12-14-38-92(83)98-94-44-41-71(54-86(94)90(58-76)96(88)98)70-40-43-93-85(53-70)89-57-75(55-87-82-35-11-13-37-91(82)97(93)95(87)89)67-29-17-25-63(47-67)61-23-15-27-65(45-61)69-39-42-81-79-33-8-7-31-77(79)78-32-9-10-34-80(78)84(81)52-69/h1-50,52-58,74H,51H2. The normalized spacial score (nSPS) is 13.7. The molecule has 1 aliphatic carbocycles. The van der Waals surface area contributed by atoms with Crippen molar-refractivity contribution in [2.24, 2.45) is 0 Å². The smallest absolute Gasteiger partial charge is 0.0620 e. The molecule has 454 valence electrons. The maximum atomic E-state index is 2.51. The second-order valence-electron chi connectivity index (χ2n) is 27.1. The number of benzene rings is 16.